The molecule has 5 heteroatoms. The zero-order valence-corrected chi connectivity index (χ0v) is 12.1. The average molecular weight is 282 g/mol. The number of aliphatic carboxylic acids is 1. The minimum atomic E-state index is -1.92. The Kier molecular flexibility index (Phi) is 3.67. The summed E-state index contributed by atoms with van der Waals surface area (Å²) < 4.78 is 5.46. The number of rotatable bonds is 4. The summed E-state index contributed by atoms with van der Waals surface area (Å²) >= 11 is 0. The number of aliphatic hydroxyl groups excluding tert-OH is 1. The molecular formula is C15H22O5. The molecule has 0 aromatic rings. The third-order valence-electron chi connectivity index (χ3n) is 4.71. The molecule has 0 aromatic heterocycles. The first-order valence-corrected chi connectivity index (χ1v) is 6.96. The monoisotopic (exact) mass is 282 g/mol. The van der Waals surface area contributed by atoms with Crippen LogP contribution in [0.1, 0.15) is 33.6 Å². The van der Waals surface area contributed by atoms with E-state index in [0.29, 0.717) is 5.92 Å². The molecular weight excluding hydrogens is 260 g/mol. The average Bonchev–Trinajstić information content (AvgIpc) is 2.89. The lowest BCUT2D eigenvalue weighted by molar-refractivity contribution is -0.186. The minimum absolute atomic E-state index is 0.189. The first-order valence-electron chi connectivity index (χ1n) is 6.96. The zero-order valence-electron chi connectivity index (χ0n) is 12.1. The summed E-state index contributed by atoms with van der Waals surface area (Å²) in [6, 6.07) is 0. The lowest BCUT2D eigenvalue weighted by Crippen LogP contribution is -2.54. The number of fused-ring (bicyclic) bond motifs is 2. The van der Waals surface area contributed by atoms with Crippen LogP contribution >= 0.6 is 0 Å². The fourth-order valence-electron chi connectivity index (χ4n) is 3.19. The van der Waals surface area contributed by atoms with E-state index in [9.17, 15) is 19.8 Å². The SMILES string of the molecule is CC(C)(C)C(CO)(C(=O)O)C(=O)OC1CC2C=CC1C2. The molecule has 0 saturated heterocycles. The van der Waals surface area contributed by atoms with Gasteiger partial charge in [-0.15, -0.1) is 0 Å². The molecule has 2 bridgehead atoms. The van der Waals surface area contributed by atoms with E-state index in [1.165, 1.54) is 0 Å². The normalized spacial score (nSPS) is 31.1. The van der Waals surface area contributed by atoms with Crippen LogP contribution in [0.2, 0.25) is 0 Å². The largest absolute Gasteiger partial charge is 0.480 e. The van der Waals surface area contributed by atoms with E-state index in [-0.39, 0.29) is 12.0 Å². The Hall–Kier alpha value is -1.36. The van der Waals surface area contributed by atoms with Crippen molar-refractivity contribution < 1.29 is 24.5 Å². The fraction of sp³-hybridized carbons (Fsp3) is 0.733. The topological polar surface area (TPSA) is 83.8 Å². The van der Waals surface area contributed by atoms with Crippen molar-refractivity contribution in [2.24, 2.45) is 22.7 Å². The highest BCUT2D eigenvalue weighted by atomic mass is 16.5. The van der Waals surface area contributed by atoms with E-state index in [0.717, 1.165) is 12.8 Å². The van der Waals surface area contributed by atoms with Crippen LogP contribution in [0.3, 0.4) is 0 Å². The Bertz CT molecular complexity index is 448. The molecule has 5 nitrogen and oxygen atoms in total. The second-order valence-electron chi connectivity index (χ2n) is 6.84. The standard InChI is InChI=1S/C15H22O5/c1-14(2,3)15(8-16,12(17)18)13(19)20-11-7-9-4-5-10(11)6-9/h4-5,9-11,16H,6-8H2,1-3H3,(H,17,18). The Morgan fingerprint density at radius 1 is 1.25 bits per heavy atom. The van der Waals surface area contributed by atoms with Crippen molar-refractivity contribution >= 4 is 11.9 Å². The number of hydrogen-bond acceptors (Lipinski definition) is 4. The van der Waals surface area contributed by atoms with Gasteiger partial charge in [0.05, 0.1) is 6.61 Å². The highest BCUT2D eigenvalue weighted by Crippen LogP contribution is 2.44. The molecule has 0 aliphatic heterocycles. The number of ether oxygens (including phenoxy) is 1. The van der Waals surface area contributed by atoms with Gasteiger partial charge < -0.3 is 14.9 Å². The van der Waals surface area contributed by atoms with E-state index < -0.39 is 29.4 Å². The highest BCUT2D eigenvalue weighted by molar-refractivity contribution is 6.00. The molecule has 0 amide bonds. The van der Waals surface area contributed by atoms with Crippen LogP contribution in [0, 0.1) is 22.7 Å². The lowest BCUT2D eigenvalue weighted by atomic mass is 9.67. The number of hydrogen-bond donors (Lipinski definition) is 2. The summed E-state index contributed by atoms with van der Waals surface area (Å²) in [5.41, 5.74) is -2.85. The van der Waals surface area contributed by atoms with Crippen molar-refractivity contribution in [3.05, 3.63) is 12.2 Å². The number of carbonyl (C=O) groups is 2. The summed E-state index contributed by atoms with van der Waals surface area (Å²) in [4.78, 5) is 24.0. The molecule has 2 N–H and O–H groups in total. The van der Waals surface area contributed by atoms with Crippen molar-refractivity contribution in [1.82, 2.24) is 0 Å². The summed E-state index contributed by atoms with van der Waals surface area (Å²) in [5, 5.41) is 19.0. The van der Waals surface area contributed by atoms with Crippen LogP contribution in [-0.2, 0) is 14.3 Å². The van der Waals surface area contributed by atoms with Gasteiger partial charge >= 0.3 is 11.9 Å². The van der Waals surface area contributed by atoms with E-state index >= 15 is 0 Å². The molecule has 4 unspecified atom stereocenters. The van der Waals surface area contributed by atoms with Gasteiger partial charge in [0.2, 0.25) is 0 Å². The molecule has 1 saturated carbocycles. The summed E-state index contributed by atoms with van der Waals surface area (Å²) in [6.45, 7) is 4.11. The van der Waals surface area contributed by atoms with Gasteiger partial charge in [0.1, 0.15) is 6.10 Å². The molecule has 4 atom stereocenters. The van der Waals surface area contributed by atoms with Crippen LogP contribution in [0.25, 0.3) is 0 Å². The van der Waals surface area contributed by atoms with Crippen molar-refractivity contribution in [2.75, 3.05) is 6.61 Å². The van der Waals surface area contributed by atoms with Gasteiger partial charge in [-0.3, -0.25) is 9.59 Å². The van der Waals surface area contributed by atoms with Crippen molar-refractivity contribution in [2.45, 2.75) is 39.7 Å². The predicted molar refractivity (Wildman–Crippen MR) is 71.8 cm³/mol. The number of carboxylic acid groups (broad SMARTS) is 1. The molecule has 0 aromatic carbocycles. The van der Waals surface area contributed by atoms with Crippen LogP contribution in [0.15, 0.2) is 12.2 Å². The van der Waals surface area contributed by atoms with E-state index in [4.69, 9.17) is 4.74 Å². The van der Waals surface area contributed by atoms with Crippen LogP contribution < -0.4 is 0 Å². The lowest BCUT2D eigenvalue weighted by Gasteiger charge is -2.38. The van der Waals surface area contributed by atoms with Gasteiger partial charge in [0.15, 0.2) is 5.41 Å². The van der Waals surface area contributed by atoms with Crippen molar-refractivity contribution in [1.29, 1.82) is 0 Å². The molecule has 1 fully saturated rings. The smallest absolute Gasteiger partial charge is 0.326 e. The maximum atomic E-state index is 12.4. The van der Waals surface area contributed by atoms with Gasteiger partial charge in [0, 0.05) is 5.92 Å². The molecule has 2 aliphatic rings. The molecule has 0 heterocycles. The number of carbonyl (C=O) groups excluding carboxylic acids is 1. The summed E-state index contributed by atoms with van der Waals surface area (Å²) in [5.74, 6) is -1.54. The van der Waals surface area contributed by atoms with Gasteiger partial charge in [0.25, 0.3) is 0 Å². The Morgan fingerprint density at radius 3 is 2.25 bits per heavy atom. The molecule has 0 radical (unpaired) electrons. The molecule has 0 spiro atoms. The zero-order chi connectivity index (χ0) is 15.1. The number of aliphatic hydroxyl groups is 1. The van der Waals surface area contributed by atoms with Gasteiger partial charge in [-0.25, -0.2) is 0 Å². The Morgan fingerprint density at radius 2 is 1.90 bits per heavy atom. The van der Waals surface area contributed by atoms with Crippen molar-refractivity contribution in [3.8, 4) is 0 Å². The number of allylic oxidation sites excluding steroid dienone is 1. The first-order chi connectivity index (χ1) is 9.22. The Labute approximate surface area is 118 Å². The highest BCUT2D eigenvalue weighted by Gasteiger charge is 2.57. The third-order valence-corrected chi connectivity index (χ3v) is 4.71. The van der Waals surface area contributed by atoms with Crippen LogP contribution in [-0.4, -0.2) is 34.9 Å². The van der Waals surface area contributed by atoms with Gasteiger partial charge in [-0.05, 0) is 24.2 Å². The molecule has 2 rings (SSSR count). The molecule has 2 aliphatic carbocycles. The summed E-state index contributed by atoms with van der Waals surface area (Å²) in [6.07, 6.45) is 5.61. The van der Waals surface area contributed by atoms with Crippen LogP contribution in [0.5, 0.6) is 0 Å². The van der Waals surface area contributed by atoms with Gasteiger partial charge in [-0.2, -0.15) is 0 Å². The Balaban J connectivity index is 2.20. The van der Waals surface area contributed by atoms with Gasteiger partial charge in [-0.1, -0.05) is 32.9 Å². The second kappa shape index (κ2) is 4.88. The fourth-order valence-corrected chi connectivity index (χ4v) is 3.19. The third kappa shape index (κ3) is 2.14. The maximum absolute atomic E-state index is 12.4. The quantitative estimate of drug-likeness (QED) is 0.465. The predicted octanol–water partition coefficient (Wildman–Crippen LogP) is 1.60. The maximum Gasteiger partial charge on any atom is 0.326 e. The minimum Gasteiger partial charge on any atom is -0.480 e. The van der Waals surface area contributed by atoms with E-state index in [1.807, 2.05) is 6.08 Å². The summed E-state index contributed by atoms with van der Waals surface area (Å²) in [7, 11) is 0. The van der Waals surface area contributed by atoms with Crippen molar-refractivity contribution in [3.63, 3.8) is 0 Å². The first kappa shape index (κ1) is 15.0. The van der Waals surface area contributed by atoms with Crippen LogP contribution in [0.4, 0.5) is 0 Å². The van der Waals surface area contributed by atoms with E-state index in [2.05, 4.69) is 6.08 Å². The van der Waals surface area contributed by atoms with E-state index in [1.54, 1.807) is 20.8 Å². The molecule has 112 valence electrons. The number of carboxylic acids is 1. The molecule has 20 heavy (non-hydrogen) atoms. The second-order valence-corrected chi connectivity index (χ2v) is 6.84. The number of esters is 1.